The molecule has 1 amide bonds. The Hall–Kier alpha value is -1.88. The van der Waals surface area contributed by atoms with Gasteiger partial charge in [-0.15, -0.1) is 0 Å². The number of aryl methyl sites for hydroxylation is 1. The van der Waals surface area contributed by atoms with E-state index in [0.717, 1.165) is 28.7 Å². The number of amides is 1. The number of hydrogen-bond donors (Lipinski definition) is 2. The fourth-order valence-corrected chi connectivity index (χ4v) is 2.43. The molecule has 2 aromatic rings. The van der Waals surface area contributed by atoms with E-state index in [1.165, 1.54) is 0 Å². The van der Waals surface area contributed by atoms with Gasteiger partial charge in [0, 0.05) is 22.8 Å². The van der Waals surface area contributed by atoms with E-state index in [1.54, 1.807) is 18.3 Å². The molecule has 1 heterocycles. The van der Waals surface area contributed by atoms with E-state index in [0.29, 0.717) is 11.4 Å². The van der Waals surface area contributed by atoms with Crippen molar-refractivity contribution in [1.82, 2.24) is 4.98 Å². The van der Waals surface area contributed by atoms with Crippen LogP contribution in [0.15, 0.2) is 41.0 Å². The number of pyridine rings is 1. The van der Waals surface area contributed by atoms with Gasteiger partial charge in [-0.1, -0.05) is 13.0 Å². The molecule has 0 saturated heterocycles. The van der Waals surface area contributed by atoms with E-state index in [9.17, 15) is 4.79 Å². The highest BCUT2D eigenvalue weighted by Crippen LogP contribution is 2.24. The Morgan fingerprint density at radius 3 is 2.81 bits per heavy atom. The average molecular weight is 348 g/mol. The molecule has 1 aromatic heterocycles. The second kappa shape index (κ2) is 7.22. The molecule has 4 nitrogen and oxygen atoms in total. The van der Waals surface area contributed by atoms with Crippen molar-refractivity contribution in [3.05, 3.63) is 52.1 Å². The van der Waals surface area contributed by atoms with Crippen LogP contribution in [0.3, 0.4) is 0 Å². The van der Waals surface area contributed by atoms with Gasteiger partial charge in [-0.05, 0) is 59.1 Å². The molecule has 2 rings (SSSR count). The number of aromatic nitrogens is 1. The highest BCUT2D eigenvalue weighted by atomic mass is 79.9. The molecular weight excluding hydrogens is 330 g/mol. The summed E-state index contributed by atoms with van der Waals surface area (Å²) in [5.74, 6) is 0.564. The van der Waals surface area contributed by atoms with Gasteiger partial charge in [-0.25, -0.2) is 4.98 Å². The largest absolute Gasteiger partial charge is 0.370 e. The molecule has 0 spiro atoms. The van der Waals surface area contributed by atoms with Crippen molar-refractivity contribution in [2.45, 2.75) is 20.3 Å². The molecule has 1 aromatic carbocycles. The van der Waals surface area contributed by atoms with E-state index in [4.69, 9.17) is 0 Å². The first-order valence-electron chi connectivity index (χ1n) is 6.87. The van der Waals surface area contributed by atoms with Gasteiger partial charge in [0.1, 0.15) is 5.82 Å². The van der Waals surface area contributed by atoms with Crippen LogP contribution in [0.2, 0.25) is 0 Å². The van der Waals surface area contributed by atoms with Gasteiger partial charge < -0.3 is 10.6 Å². The number of carbonyl (C=O) groups excluding carboxylic acids is 1. The Bertz CT molecular complexity index is 643. The Morgan fingerprint density at radius 2 is 2.10 bits per heavy atom. The molecule has 5 heteroatoms. The van der Waals surface area contributed by atoms with Crippen LogP contribution in [0.4, 0.5) is 11.5 Å². The summed E-state index contributed by atoms with van der Waals surface area (Å²) in [6.45, 7) is 4.92. The number of halogens is 1. The minimum atomic E-state index is -0.151. The van der Waals surface area contributed by atoms with Crippen LogP contribution in [-0.2, 0) is 0 Å². The second-order valence-electron chi connectivity index (χ2n) is 4.79. The van der Waals surface area contributed by atoms with E-state index in [1.807, 2.05) is 25.1 Å². The molecular formula is C16H18BrN3O. The van der Waals surface area contributed by atoms with E-state index < -0.39 is 0 Å². The van der Waals surface area contributed by atoms with E-state index in [2.05, 4.69) is 38.5 Å². The summed E-state index contributed by atoms with van der Waals surface area (Å²) in [7, 11) is 0. The molecule has 2 N–H and O–H groups in total. The lowest BCUT2D eigenvalue weighted by molar-refractivity contribution is 0.102. The van der Waals surface area contributed by atoms with Crippen molar-refractivity contribution in [2.24, 2.45) is 0 Å². The summed E-state index contributed by atoms with van der Waals surface area (Å²) in [5.41, 5.74) is 2.47. The van der Waals surface area contributed by atoms with E-state index in [-0.39, 0.29) is 5.91 Å². The molecule has 21 heavy (non-hydrogen) atoms. The summed E-state index contributed by atoms with van der Waals surface area (Å²) in [4.78, 5) is 16.5. The van der Waals surface area contributed by atoms with Crippen LogP contribution >= 0.6 is 15.9 Å². The summed E-state index contributed by atoms with van der Waals surface area (Å²) in [6, 6.07) is 9.27. The molecule has 0 atom stereocenters. The minimum absolute atomic E-state index is 0.151. The van der Waals surface area contributed by atoms with Gasteiger partial charge >= 0.3 is 0 Å². The monoisotopic (exact) mass is 347 g/mol. The van der Waals surface area contributed by atoms with Crippen LogP contribution in [0.1, 0.15) is 29.3 Å². The highest BCUT2D eigenvalue weighted by molar-refractivity contribution is 9.10. The van der Waals surface area contributed by atoms with Gasteiger partial charge in [-0.2, -0.15) is 0 Å². The zero-order chi connectivity index (χ0) is 15.2. The fraction of sp³-hybridized carbons (Fsp3) is 0.250. The number of nitrogens with zero attached hydrogens (tertiary/aromatic N) is 1. The van der Waals surface area contributed by atoms with Crippen molar-refractivity contribution >= 4 is 33.3 Å². The third-order valence-electron chi connectivity index (χ3n) is 2.95. The standard InChI is InChI=1S/C16H18BrN3O/c1-3-7-18-15-10-12(6-8-19-15)16(21)20-14-5-4-11(2)9-13(14)17/h4-6,8-10H,3,7H2,1-2H3,(H,18,19)(H,20,21). The summed E-state index contributed by atoms with van der Waals surface area (Å²) in [6.07, 6.45) is 2.64. The Kier molecular flexibility index (Phi) is 5.33. The SMILES string of the molecule is CCCNc1cc(C(=O)Nc2ccc(C)cc2Br)ccn1. The lowest BCUT2D eigenvalue weighted by Gasteiger charge is -2.09. The Balaban J connectivity index is 2.12. The third-order valence-corrected chi connectivity index (χ3v) is 3.61. The first kappa shape index (κ1) is 15.5. The lowest BCUT2D eigenvalue weighted by atomic mass is 10.2. The lowest BCUT2D eigenvalue weighted by Crippen LogP contribution is -2.13. The minimum Gasteiger partial charge on any atom is -0.370 e. The first-order valence-corrected chi connectivity index (χ1v) is 7.67. The van der Waals surface area contributed by atoms with Crippen LogP contribution < -0.4 is 10.6 Å². The molecule has 0 saturated carbocycles. The molecule has 0 unspecified atom stereocenters. The summed E-state index contributed by atoms with van der Waals surface area (Å²) < 4.78 is 0.870. The van der Waals surface area contributed by atoms with Gasteiger partial charge in [0.05, 0.1) is 5.69 Å². The summed E-state index contributed by atoms with van der Waals surface area (Å²) in [5, 5.41) is 6.07. The summed E-state index contributed by atoms with van der Waals surface area (Å²) >= 11 is 3.46. The van der Waals surface area contributed by atoms with Gasteiger partial charge in [0.15, 0.2) is 0 Å². The van der Waals surface area contributed by atoms with Crippen molar-refractivity contribution in [2.75, 3.05) is 17.2 Å². The third kappa shape index (κ3) is 4.29. The number of benzene rings is 1. The number of carbonyl (C=O) groups is 1. The second-order valence-corrected chi connectivity index (χ2v) is 5.65. The van der Waals surface area contributed by atoms with E-state index >= 15 is 0 Å². The zero-order valence-corrected chi connectivity index (χ0v) is 13.7. The molecule has 0 aliphatic carbocycles. The highest BCUT2D eigenvalue weighted by Gasteiger charge is 2.09. The smallest absolute Gasteiger partial charge is 0.255 e. The van der Waals surface area contributed by atoms with Crippen molar-refractivity contribution in [3.63, 3.8) is 0 Å². The topological polar surface area (TPSA) is 54.0 Å². The maximum atomic E-state index is 12.3. The quantitative estimate of drug-likeness (QED) is 0.850. The zero-order valence-electron chi connectivity index (χ0n) is 12.1. The van der Waals surface area contributed by atoms with Crippen molar-refractivity contribution < 1.29 is 4.79 Å². The van der Waals surface area contributed by atoms with Gasteiger partial charge in [-0.3, -0.25) is 4.79 Å². The number of anilines is 2. The van der Waals surface area contributed by atoms with Crippen LogP contribution in [0, 0.1) is 6.92 Å². The number of hydrogen-bond acceptors (Lipinski definition) is 3. The molecule has 0 radical (unpaired) electrons. The van der Waals surface area contributed by atoms with Crippen LogP contribution in [-0.4, -0.2) is 17.4 Å². The molecule has 0 aliphatic heterocycles. The number of rotatable bonds is 5. The molecule has 0 fully saturated rings. The molecule has 110 valence electrons. The van der Waals surface area contributed by atoms with Crippen molar-refractivity contribution in [3.8, 4) is 0 Å². The van der Waals surface area contributed by atoms with Crippen LogP contribution in [0.5, 0.6) is 0 Å². The Labute approximate surface area is 133 Å². The molecule has 0 bridgehead atoms. The maximum Gasteiger partial charge on any atom is 0.255 e. The van der Waals surface area contributed by atoms with Crippen LogP contribution in [0.25, 0.3) is 0 Å². The number of nitrogens with one attached hydrogen (secondary N) is 2. The molecule has 0 aliphatic rings. The maximum absolute atomic E-state index is 12.3. The normalized spacial score (nSPS) is 10.2. The predicted molar refractivity (Wildman–Crippen MR) is 89.8 cm³/mol. The van der Waals surface area contributed by atoms with Gasteiger partial charge in [0.2, 0.25) is 0 Å². The predicted octanol–water partition coefficient (Wildman–Crippen LogP) is 4.23. The van der Waals surface area contributed by atoms with Crippen molar-refractivity contribution in [1.29, 1.82) is 0 Å². The fourth-order valence-electron chi connectivity index (χ4n) is 1.84. The first-order chi connectivity index (χ1) is 10.1. The van der Waals surface area contributed by atoms with Gasteiger partial charge in [0.25, 0.3) is 5.91 Å². The average Bonchev–Trinajstić information content (AvgIpc) is 2.48. The Morgan fingerprint density at radius 1 is 1.29 bits per heavy atom.